The summed E-state index contributed by atoms with van der Waals surface area (Å²) in [7, 11) is 0. The van der Waals surface area contributed by atoms with Crippen LogP contribution in [0.3, 0.4) is 0 Å². The Morgan fingerprint density at radius 2 is 1.90 bits per heavy atom. The quantitative estimate of drug-likeness (QED) is 0.777. The van der Waals surface area contributed by atoms with E-state index in [1.165, 1.54) is 11.6 Å². The van der Waals surface area contributed by atoms with Crippen LogP contribution in [0.2, 0.25) is 5.02 Å². The normalized spacial score (nSPS) is 22.2. The first kappa shape index (κ1) is 15.0. The van der Waals surface area contributed by atoms with Crippen molar-refractivity contribution in [2.45, 2.75) is 18.3 Å². The van der Waals surface area contributed by atoms with Crippen LogP contribution in [-0.4, -0.2) is 13.1 Å². The Balaban J connectivity index is 1.96. The van der Waals surface area contributed by atoms with Crippen LogP contribution in [0.5, 0.6) is 0 Å². The Morgan fingerprint density at radius 3 is 2.67 bits per heavy atom. The second-order valence-electron chi connectivity index (χ2n) is 5.43. The van der Waals surface area contributed by atoms with Gasteiger partial charge in [-0.25, -0.2) is 4.39 Å². The number of piperidine rings is 1. The average molecular weight is 369 g/mol. The number of hydrogen-bond donors (Lipinski definition) is 1. The van der Waals surface area contributed by atoms with Crippen LogP contribution in [0, 0.1) is 5.82 Å². The SMILES string of the molecule is Fc1cccc(C2CNCCC2c2ccc(Br)c(Cl)c2)c1. The lowest BCUT2D eigenvalue weighted by Gasteiger charge is -2.33. The maximum Gasteiger partial charge on any atom is 0.123 e. The maximum atomic E-state index is 13.5. The molecule has 2 aromatic rings. The number of rotatable bonds is 2. The highest BCUT2D eigenvalue weighted by molar-refractivity contribution is 9.10. The summed E-state index contributed by atoms with van der Waals surface area (Å²) in [5, 5.41) is 4.14. The van der Waals surface area contributed by atoms with Crippen molar-refractivity contribution in [3.05, 3.63) is 68.9 Å². The van der Waals surface area contributed by atoms with E-state index in [0.29, 0.717) is 5.92 Å². The van der Waals surface area contributed by atoms with Gasteiger partial charge in [-0.15, -0.1) is 0 Å². The van der Waals surface area contributed by atoms with Crippen molar-refractivity contribution in [3.63, 3.8) is 0 Å². The smallest absolute Gasteiger partial charge is 0.123 e. The monoisotopic (exact) mass is 367 g/mol. The molecule has 21 heavy (non-hydrogen) atoms. The second kappa shape index (κ2) is 6.47. The highest BCUT2D eigenvalue weighted by atomic mass is 79.9. The Morgan fingerprint density at radius 1 is 1.10 bits per heavy atom. The highest BCUT2D eigenvalue weighted by Crippen LogP contribution is 2.39. The molecule has 4 heteroatoms. The van der Waals surface area contributed by atoms with Crippen LogP contribution < -0.4 is 5.32 Å². The van der Waals surface area contributed by atoms with Gasteiger partial charge in [0.15, 0.2) is 0 Å². The molecule has 0 aromatic heterocycles. The third kappa shape index (κ3) is 3.31. The van der Waals surface area contributed by atoms with Gasteiger partial charge in [0.2, 0.25) is 0 Å². The fourth-order valence-corrected chi connectivity index (χ4v) is 3.52. The topological polar surface area (TPSA) is 12.0 Å². The van der Waals surface area contributed by atoms with Crippen molar-refractivity contribution in [2.24, 2.45) is 0 Å². The van der Waals surface area contributed by atoms with E-state index >= 15 is 0 Å². The van der Waals surface area contributed by atoms with Gasteiger partial charge in [0.05, 0.1) is 5.02 Å². The standard InChI is InChI=1S/C17H16BrClFN/c18-16-5-4-12(9-17(16)19)14-6-7-21-10-15(14)11-2-1-3-13(20)8-11/h1-5,8-9,14-15,21H,6-7,10H2. The predicted octanol–water partition coefficient (Wildman–Crippen LogP) is 5.10. The first-order valence-electron chi connectivity index (χ1n) is 7.06. The molecule has 0 radical (unpaired) electrons. The summed E-state index contributed by atoms with van der Waals surface area (Å²) >= 11 is 9.66. The van der Waals surface area contributed by atoms with Gasteiger partial charge in [-0.1, -0.05) is 29.8 Å². The van der Waals surface area contributed by atoms with E-state index in [-0.39, 0.29) is 11.7 Å². The van der Waals surface area contributed by atoms with Gasteiger partial charge in [0.25, 0.3) is 0 Å². The molecule has 1 saturated heterocycles. The molecular weight excluding hydrogens is 353 g/mol. The minimum atomic E-state index is -0.175. The molecular formula is C17H16BrClFN. The summed E-state index contributed by atoms with van der Waals surface area (Å²) in [6.07, 6.45) is 1.03. The van der Waals surface area contributed by atoms with Crippen LogP contribution in [0.15, 0.2) is 46.9 Å². The Hall–Kier alpha value is -0.900. The molecule has 1 N–H and O–H groups in total. The first-order chi connectivity index (χ1) is 10.1. The zero-order valence-electron chi connectivity index (χ0n) is 11.5. The van der Waals surface area contributed by atoms with Gasteiger partial charge >= 0.3 is 0 Å². The van der Waals surface area contributed by atoms with Crippen molar-refractivity contribution in [3.8, 4) is 0 Å². The van der Waals surface area contributed by atoms with E-state index in [1.807, 2.05) is 18.2 Å². The second-order valence-corrected chi connectivity index (χ2v) is 6.70. The van der Waals surface area contributed by atoms with Gasteiger partial charge in [0.1, 0.15) is 5.82 Å². The van der Waals surface area contributed by atoms with Gasteiger partial charge in [0, 0.05) is 16.9 Å². The molecule has 0 bridgehead atoms. The van der Waals surface area contributed by atoms with Crippen LogP contribution in [0.1, 0.15) is 29.4 Å². The summed E-state index contributed by atoms with van der Waals surface area (Å²) < 4.78 is 14.4. The zero-order valence-corrected chi connectivity index (χ0v) is 13.8. The van der Waals surface area contributed by atoms with Gasteiger partial charge in [-0.2, -0.15) is 0 Å². The van der Waals surface area contributed by atoms with Gasteiger partial charge < -0.3 is 5.32 Å². The molecule has 1 heterocycles. The van der Waals surface area contributed by atoms with Crippen molar-refractivity contribution < 1.29 is 4.39 Å². The molecule has 1 nitrogen and oxygen atoms in total. The Bertz CT molecular complexity index is 646. The summed E-state index contributed by atoms with van der Waals surface area (Å²) in [6.45, 7) is 1.84. The molecule has 0 aliphatic carbocycles. The molecule has 2 atom stereocenters. The third-order valence-electron chi connectivity index (χ3n) is 4.13. The van der Waals surface area contributed by atoms with Crippen molar-refractivity contribution in [2.75, 3.05) is 13.1 Å². The first-order valence-corrected chi connectivity index (χ1v) is 8.23. The third-order valence-corrected chi connectivity index (χ3v) is 5.36. The summed E-state index contributed by atoms with van der Waals surface area (Å²) in [6, 6.07) is 13.0. The lowest BCUT2D eigenvalue weighted by Crippen LogP contribution is -2.34. The van der Waals surface area contributed by atoms with E-state index in [9.17, 15) is 4.39 Å². The predicted molar refractivity (Wildman–Crippen MR) is 88.5 cm³/mol. The molecule has 110 valence electrons. The number of benzene rings is 2. The molecule has 0 spiro atoms. The Kier molecular flexibility index (Phi) is 4.63. The molecule has 1 fully saturated rings. The van der Waals surface area contributed by atoms with Crippen LogP contribution in [0.25, 0.3) is 0 Å². The maximum absolute atomic E-state index is 13.5. The fourth-order valence-electron chi connectivity index (χ4n) is 3.09. The lowest BCUT2D eigenvalue weighted by atomic mass is 9.77. The summed E-state index contributed by atoms with van der Waals surface area (Å²) in [4.78, 5) is 0. The highest BCUT2D eigenvalue weighted by Gasteiger charge is 2.28. The van der Waals surface area contributed by atoms with E-state index in [1.54, 1.807) is 12.1 Å². The molecule has 2 aromatic carbocycles. The van der Waals surface area contributed by atoms with Crippen LogP contribution in [0.4, 0.5) is 4.39 Å². The van der Waals surface area contributed by atoms with Crippen LogP contribution >= 0.6 is 27.5 Å². The molecule has 3 rings (SSSR count). The Labute approximate surface area is 137 Å². The molecule has 2 unspecified atom stereocenters. The number of halogens is 3. The minimum absolute atomic E-state index is 0.175. The van der Waals surface area contributed by atoms with E-state index in [0.717, 1.165) is 34.6 Å². The minimum Gasteiger partial charge on any atom is -0.316 e. The summed E-state index contributed by atoms with van der Waals surface area (Å²) in [5.74, 6) is 0.455. The van der Waals surface area contributed by atoms with E-state index < -0.39 is 0 Å². The van der Waals surface area contributed by atoms with Gasteiger partial charge in [-0.3, -0.25) is 0 Å². The molecule has 1 aliphatic heterocycles. The molecule has 1 aliphatic rings. The largest absolute Gasteiger partial charge is 0.316 e. The van der Waals surface area contributed by atoms with Gasteiger partial charge in [-0.05, 0) is 70.2 Å². The summed E-state index contributed by atoms with van der Waals surface area (Å²) in [5.41, 5.74) is 2.27. The fraction of sp³-hybridized carbons (Fsp3) is 0.294. The average Bonchev–Trinajstić information content (AvgIpc) is 2.50. The number of nitrogens with one attached hydrogen (secondary N) is 1. The van der Waals surface area contributed by atoms with Crippen molar-refractivity contribution >= 4 is 27.5 Å². The molecule has 0 saturated carbocycles. The number of hydrogen-bond acceptors (Lipinski definition) is 1. The van der Waals surface area contributed by atoms with Crippen molar-refractivity contribution in [1.29, 1.82) is 0 Å². The van der Waals surface area contributed by atoms with E-state index in [2.05, 4.69) is 27.3 Å². The van der Waals surface area contributed by atoms with E-state index in [4.69, 9.17) is 11.6 Å². The zero-order chi connectivity index (χ0) is 14.8. The van der Waals surface area contributed by atoms with Crippen molar-refractivity contribution in [1.82, 2.24) is 5.32 Å². The lowest BCUT2D eigenvalue weighted by molar-refractivity contribution is 0.403. The molecule has 0 amide bonds. The van der Waals surface area contributed by atoms with Crippen LogP contribution in [-0.2, 0) is 0 Å².